The van der Waals surface area contributed by atoms with Gasteiger partial charge in [-0.1, -0.05) is 30.3 Å². The number of halogens is 2. The third kappa shape index (κ3) is 5.07. The van der Waals surface area contributed by atoms with Gasteiger partial charge in [-0.15, -0.1) is 0 Å². The Labute approximate surface area is 165 Å². The van der Waals surface area contributed by atoms with Crippen LogP contribution in [0.5, 0.6) is 5.75 Å². The normalized spacial score (nSPS) is 20.8. The molecule has 1 aliphatic carbocycles. The van der Waals surface area contributed by atoms with Gasteiger partial charge in [0.25, 0.3) is 0 Å². The van der Waals surface area contributed by atoms with Crippen LogP contribution < -0.4 is 0 Å². The number of hydrogen-bond donors (Lipinski definition) is 2. The van der Waals surface area contributed by atoms with E-state index in [0.29, 0.717) is 15.0 Å². The van der Waals surface area contributed by atoms with Crippen LogP contribution in [0.3, 0.4) is 0 Å². The fraction of sp³-hybridized carbons (Fsp3) is 0.400. The van der Waals surface area contributed by atoms with Crippen LogP contribution in [0, 0.1) is 0 Å². The van der Waals surface area contributed by atoms with E-state index < -0.39 is 0 Å². The predicted molar refractivity (Wildman–Crippen MR) is 107 cm³/mol. The van der Waals surface area contributed by atoms with Gasteiger partial charge in [0.15, 0.2) is 0 Å². The summed E-state index contributed by atoms with van der Waals surface area (Å²) >= 11 is 6.84. The Morgan fingerprint density at radius 2 is 1.60 bits per heavy atom. The van der Waals surface area contributed by atoms with E-state index in [-0.39, 0.29) is 11.9 Å². The van der Waals surface area contributed by atoms with Crippen molar-refractivity contribution in [2.75, 3.05) is 0 Å². The monoisotopic (exact) mass is 467 g/mol. The summed E-state index contributed by atoms with van der Waals surface area (Å²) in [6.45, 7) is 1.64. The van der Waals surface area contributed by atoms with E-state index in [2.05, 4.69) is 61.0 Å². The first kappa shape index (κ1) is 18.9. The highest BCUT2D eigenvalue weighted by molar-refractivity contribution is 9.11. The van der Waals surface area contributed by atoms with Gasteiger partial charge in [-0.3, -0.25) is 4.90 Å². The number of aliphatic hydroxyl groups excluding tert-OH is 1. The number of phenolic OH excluding ortho intramolecular Hbond substituents is 1. The quantitative estimate of drug-likeness (QED) is 0.631. The molecule has 1 fully saturated rings. The molecular weight excluding hydrogens is 446 g/mol. The Kier molecular flexibility index (Phi) is 6.55. The van der Waals surface area contributed by atoms with E-state index in [9.17, 15) is 10.2 Å². The summed E-state index contributed by atoms with van der Waals surface area (Å²) in [4.78, 5) is 2.45. The fourth-order valence-corrected chi connectivity index (χ4v) is 4.83. The second-order valence-electron chi connectivity index (χ2n) is 6.77. The number of benzene rings is 2. The van der Waals surface area contributed by atoms with Gasteiger partial charge in [0, 0.05) is 19.1 Å². The van der Waals surface area contributed by atoms with E-state index in [4.69, 9.17) is 0 Å². The first-order valence-electron chi connectivity index (χ1n) is 8.66. The van der Waals surface area contributed by atoms with Gasteiger partial charge in [0.1, 0.15) is 5.75 Å². The van der Waals surface area contributed by atoms with E-state index in [1.165, 1.54) is 5.56 Å². The lowest BCUT2D eigenvalue weighted by atomic mass is 9.91. The SMILES string of the molecule is Oc1c(Br)cc(CN(Cc2ccccc2)[C@H]2CCC[C@H](O)C2)cc1Br. The molecule has 0 aromatic heterocycles. The lowest BCUT2D eigenvalue weighted by Crippen LogP contribution is -2.39. The van der Waals surface area contributed by atoms with Gasteiger partial charge in [-0.2, -0.15) is 0 Å². The molecular formula is C20H23Br2NO2. The van der Waals surface area contributed by atoms with Crippen LogP contribution in [-0.2, 0) is 13.1 Å². The van der Waals surface area contributed by atoms with Crippen LogP contribution in [0.15, 0.2) is 51.4 Å². The highest BCUT2D eigenvalue weighted by atomic mass is 79.9. The van der Waals surface area contributed by atoms with Crippen molar-refractivity contribution in [3.63, 3.8) is 0 Å². The molecule has 0 radical (unpaired) electrons. The van der Waals surface area contributed by atoms with Gasteiger partial charge in [0.05, 0.1) is 15.0 Å². The van der Waals surface area contributed by atoms with Crippen molar-refractivity contribution in [1.29, 1.82) is 0 Å². The number of aliphatic hydroxyl groups is 1. The molecule has 2 atom stereocenters. The first-order chi connectivity index (χ1) is 12.0. The van der Waals surface area contributed by atoms with Crippen LogP contribution in [0.1, 0.15) is 36.8 Å². The number of hydrogen-bond acceptors (Lipinski definition) is 3. The molecule has 134 valence electrons. The van der Waals surface area contributed by atoms with Crippen molar-refractivity contribution in [1.82, 2.24) is 4.90 Å². The summed E-state index contributed by atoms with van der Waals surface area (Å²) in [5.41, 5.74) is 2.41. The predicted octanol–water partition coefficient (Wildman–Crippen LogP) is 5.22. The molecule has 1 saturated carbocycles. The topological polar surface area (TPSA) is 43.7 Å². The number of aromatic hydroxyl groups is 1. The highest BCUT2D eigenvalue weighted by Crippen LogP contribution is 2.34. The molecule has 1 aliphatic rings. The van der Waals surface area contributed by atoms with E-state index >= 15 is 0 Å². The zero-order valence-electron chi connectivity index (χ0n) is 14.0. The molecule has 5 heteroatoms. The Morgan fingerprint density at radius 1 is 0.960 bits per heavy atom. The average molecular weight is 469 g/mol. The average Bonchev–Trinajstić information content (AvgIpc) is 2.60. The Balaban J connectivity index is 1.82. The van der Waals surface area contributed by atoms with Gasteiger partial charge in [0.2, 0.25) is 0 Å². The molecule has 0 saturated heterocycles. The third-order valence-corrected chi connectivity index (χ3v) is 6.04. The van der Waals surface area contributed by atoms with E-state index in [1.54, 1.807) is 0 Å². The summed E-state index contributed by atoms with van der Waals surface area (Å²) in [7, 11) is 0. The lowest BCUT2D eigenvalue weighted by molar-refractivity contribution is 0.0541. The second kappa shape index (κ2) is 8.67. The smallest absolute Gasteiger partial charge is 0.143 e. The van der Waals surface area contributed by atoms with Crippen molar-refractivity contribution in [2.24, 2.45) is 0 Å². The summed E-state index contributed by atoms with van der Waals surface area (Å²) in [5.74, 6) is 0.228. The summed E-state index contributed by atoms with van der Waals surface area (Å²) in [5, 5.41) is 20.1. The lowest BCUT2D eigenvalue weighted by Gasteiger charge is -2.36. The highest BCUT2D eigenvalue weighted by Gasteiger charge is 2.26. The van der Waals surface area contributed by atoms with Crippen molar-refractivity contribution >= 4 is 31.9 Å². The molecule has 0 spiro atoms. The number of nitrogens with zero attached hydrogens (tertiary/aromatic N) is 1. The molecule has 0 bridgehead atoms. The van der Waals surface area contributed by atoms with Gasteiger partial charge >= 0.3 is 0 Å². The molecule has 0 unspecified atom stereocenters. The van der Waals surface area contributed by atoms with Crippen molar-refractivity contribution < 1.29 is 10.2 Å². The van der Waals surface area contributed by atoms with Gasteiger partial charge in [-0.05, 0) is 80.8 Å². The standard InChI is InChI=1S/C20H23Br2NO2/c21-18-9-15(10-19(22)20(18)25)13-23(12-14-5-2-1-3-6-14)16-7-4-8-17(24)11-16/h1-3,5-6,9-10,16-17,24-25H,4,7-8,11-13H2/t16-,17-/m0/s1. The molecule has 25 heavy (non-hydrogen) atoms. The summed E-state index contributed by atoms with van der Waals surface area (Å²) in [6, 6.07) is 14.8. The molecule has 0 heterocycles. The molecule has 3 nitrogen and oxygen atoms in total. The molecule has 0 amide bonds. The number of rotatable bonds is 5. The van der Waals surface area contributed by atoms with Crippen LogP contribution in [-0.4, -0.2) is 27.3 Å². The van der Waals surface area contributed by atoms with Crippen molar-refractivity contribution in [3.05, 3.63) is 62.5 Å². The zero-order valence-corrected chi connectivity index (χ0v) is 17.2. The van der Waals surface area contributed by atoms with Crippen LogP contribution >= 0.6 is 31.9 Å². The molecule has 2 aromatic carbocycles. The second-order valence-corrected chi connectivity index (χ2v) is 8.48. The maximum Gasteiger partial charge on any atom is 0.143 e. The minimum atomic E-state index is -0.199. The van der Waals surface area contributed by atoms with E-state index in [0.717, 1.165) is 44.3 Å². The maximum absolute atomic E-state index is 10.1. The molecule has 2 N–H and O–H groups in total. The Hall–Kier alpha value is -0.880. The third-order valence-electron chi connectivity index (χ3n) is 4.83. The fourth-order valence-electron chi connectivity index (χ4n) is 3.55. The van der Waals surface area contributed by atoms with Crippen LogP contribution in [0.25, 0.3) is 0 Å². The van der Waals surface area contributed by atoms with Crippen LogP contribution in [0.2, 0.25) is 0 Å². The largest absolute Gasteiger partial charge is 0.506 e. The Morgan fingerprint density at radius 3 is 2.24 bits per heavy atom. The summed E-state index contributed by atoms with van der Waals surface area (Å²) < 4.78 is 1.39. The molecule has 0 aliphatic heterocycles. The molecule has 3 rings (SSSR count). The minimum Gasteiger partial charge on any atom is -0.506 e. The maximum atomic E-state index is 10.1. The Bertz CT molecular complexity index is 685. The zero-order chi connectivity index (χ0) is 17.8. The van der Waals surface area contributed by atoms with E-state index in [1.807, 2.05) is 18.2 Å². The van der Waals surface area contributed by atoms with Gasteiger partial charge < -0.3 is 10.2 Å². The minimum absolute atomic E-state index is 0.199. The van der Waals surface area contributed by atoms with Crippen molar-refractivity contribution in [2.45, 2.75) is 50.9 Å². The van der Waals surface area contributed by atoms with Gasteiger partial charge in [-0.25, -0.2) is 0 Å². The van der Waals surface area contributed by atoms with Crippen LogP contribution in [0.4, 0.5) is 0 Å². The summed E-state index contributed by atoms with van der Waals surface area (Å²) in [6.07, 6.45) is 3.72. The van der Waals surface area contributed by atoms with Crippen molar-refractivity contribution in [3.8, 4) is 5.75 Å². The first-order valence-corrected chi connectivity index (χ1v) is 10.2. The number of phenols is 1. The molecule has 2 aromatic rings.